The predicted molar refractivity (Wildman–Crippen MR) is 91.5 cm³/mol. The van der Waals surface area contributed by atoms with E-state index < -0.39 is 0 Å². The zero-order chi connectivity index (χ0) is 15.7. The summed E-state index contributed by atoms with van der Waals surface area (Å²) in [5.74, 6) is 0.348. The van der Waals surface area contributed by atoms with E-state index >= 15 is 0 Å². The van der Waals surface area contributed by atoms with E-state index in [2.05, 4.69) is 40.8 Å². The molecule has 22 heavy (non-hydrogen) atoms. The number of nitrogens with zero attached hydrogens (tertiary/aromatic N) is 2. The summed E-state index contributed by atoms with van der Waals surface area (Å²) >= 11 is 1.48. The lowest BCUT2D eigenvalue weighted by Gasteiger charge is -2.01. The van der Waals surface area contributed by atoms with Crippen LogP contribution in [0.15, 0.2) is 35.8 Å². The molecular formula is C17H19N3OS. The monoisotopic (exact) mass is 313 g/mol. The van der Waals surface area contributed by atoms with E-state index in [1.54, 1.807) is 0 Å². The molecular weight excluding hydrogens is 294 g/mol. The highest BCUT2D eigenvalue weighted by Crippen LogP contribution is 2.23. The molecule has 3 rings (SSSR count). The van der Waals surface area contributed by atoms with Crippen molar-refractivity contribution in [2.24, 2.45) is 7.05 Å². The van der Waals surface area contributed by atoms with Crippen molar-refractivity contribution in [3.05, 3.63) is 47.1 Å². The standard InChI is InChI=1S/C17H19N3OS/c1-11(2)14-10-22-17(18-14)19-16(21)8-12-9-20(3)15-7-5-4-6-13(12)15/h4-7,9-11H,8H2,1-3H3,(H,18,19,21). The Bertz CT molecular complexity index is 816. The van der Waals surface area contributed by atoms with Gasteiger partial charge in [0.2, 0.25) is 5.91 Å². The number of rotatable bonds is 4. The highest BCUT2D eigenvalue weighted by molar-refractivity contribution is 7.13. The van der Waals surface area contributed by atoms with Gasteiger partial charge < -0.3 is 9.88 Å². The van der Waals surface area contributed by atoms with Crippen molar-refractivity contribution in [3.63, 3.8) is 0 Å². The molecule has 3 aromatic rings. The average Bonchev–Trinajstić information content (AvgIpc) is 3.06. The molecule has 0 bridgehead atoms. The van der Waals surface area contributed by atoms with Gasteiger partial charge in [-0.1, -0.05) is 32.0 Å². The van der Waals surface area contributed by atoms with Gasteiger partial charge in [0.05, 0.1) is 12.1 Å². The zero-order valence-electron chi connectivity index (χ0n) is 13.0. The molecule has 1 aromatic carbocycles. The highest BCUT2D eigenvalue weighted by atomic mass is 32.1. The summed E-state index contributed by atoms with van der Waals surface area (Å²) in [6.07, 6.45) is 2.38. The molecule has 0 saturated heterocycles. The second-order valence-corrected chi connectivity index (χ2v) is 6.60. The lowest BCUT2D eigenvalue weighted by Crippen LogP contribution is -2.14. The third-order valence-electron chi connectivity index (χ3n) is 3.69. The van der Waals surface area contributed by atoms with Gasteiger partial charge >= 0.3 is 0 Å². The Balaban J connectivity index is 1.75. The van der Waals surface area contributed by atoms with E-state index in [1.807, 2.05) is 30.8 Å². The van der Waals surface area contributed by atoms with Crippen LogP contribution in [0.3, 0.4) is 0 Å². The topological polar surface area (TPSA) is 46.9 Å². The Labute approximate surface area is 133 Å². The fraction of sp³-hybridized carbons (Fsp3) is 0.294. The lowest BCUT2D eigenvalue weighted by atomic mass is 10.1. The van der Waals surface area contributed by atoms with Gasteiger partial charge in [0.15, 0.2) is 5.13 Å². The minimum Gasteiger partial charge on any atom is -0.350 e. The van der Waals surface area contributed by atoms with Crippen LogP contribution in [0, 0.1) is 0 Å². The van der Waals surface area contributed by atoms with E-state index in [-0.39, 0.29) is 5.91 Å². The molecule has 1 amide bonds. The van der Waals surface area contributed by atoms with Crippen molar-refractivity contribution in [1.82, 2.24) is 9.55 Å². The number of thiazole rings is 1. The van der Waals surface area contributed by atoms with Gasteiger partial charge in [-0.3, -0.25) is 4.79 Å². The molecule has 0 radical (unpaired) electrons. The maximum absolute atomic E-state index is 12.3. The Hall–Kier alpha value is -2.14. The van der Waals surface area contributed by atoms with Crippen LogP contribution in [-0.2, 0) is 18.3 Å². The van der Waals surface area contributed by atoms with Crippen LogP contribution in [0.1, 0.15) is 31.0 Å². The number of nitrogens with one attached hydrogen (secondary N) is 1. The summed E-state index contributed by atoms with van der Waals surface area (Å²) in [5, 5.41) is 6.70. The third-order valence-corrected chi connectivity index (χ3v) is 4.47. The molecule has 4 nitrogen and oxygen atoms in total. The smallest absolute Gasteiger partial charge is 0.230 e. The van der Waals surface area contributed by atoms with E-state index in [9.17, 15) is 4.79 Å². The van der Waals surface area contributed by atoms with E-state index in [4.69, 9.17) is 0 Å². The van der Waals surface area contributed by atoms with Crippen molar-refractivity contribution in [2.45, 2.75) is 26.2 Å². The van der Waals surface area contributed by atoms with Crippen molar-refractivity contribution in [1.29, 1.82) is 0 Å². The van der Waals surface area contributed by atoms with Gasteiger partial charge in [0.1, 0.15) is 0 Å². The van der Waals surface area contributed by atoms with Crippen LogP contribution in [0.2, 0.25) is 0 Å². The van der Waals surface area contributed by atoms with Crippen LogP contribution in [0.4, 0.5) is 5.13 Å². The number of fused-ring (bicyclic) bond motifs is 1. The van der Waals surface area contributed by atoms with Crippen molar-refractivity contribution in [2.75, 3.05) is 5.32 Å². The first-order valence-corrected chi connectivity index (χ1v) is 8.21. The SMILES string of the molecule is CC(C)c1csc(NC(=O)Cc2cn(C)c3ccccc23)n1. The van der Waals surface area contributed by atoms with E-state index in [0.29, 0.717) is 17.5 Å². The number of carbonyl (C=O) groups excluding carboxylic acids is 1. The molecule has 2 heterocycles. The summed E-state index contributed by atoms with van der Waals surface area (Å²) in [6, 6.07) is 8.12. The minimum atomic E-state index is -0.0268. The summed E-state index contributed by atoms with van der Waals surface area (Å²) in [4.78, 5) is 16.7. The molecule has 1 N–H and O–H groups in total. The molecule has 0 spiro atoms. The molecule has 0 saturated carbocycles. The van der Waals surface area contributed by atoms with Gasteiger partial charge in [-0.15, -0.1) is 11.3 Å². The second-order valence-electron chi connectivity index (χ2n) is 5.74. The number of hydrogen-bond donors (Lipinski definition) is 1. The van der Waals surface area contributed by atoms with Gasteiger partial charge in [0.25, 0.3) is 0 Å². The van der Waals surface area contributed by atoms with Crippen LogP contribution in [0.5, 0.6) is 0 Å². The summed E-state index contributed by atoms with van der Waals surface area (Å²) in [7, 11) is 2.00. The molecule has 0 aliphatic heterocycles. The third kappa shape index (κ3) is 2.90. The van der Waals surface area contributed by atoms with Crippen LogP contribution < -0.4 is 5.32 Å². The number of aromatic nitrogens is 2. The quantitative estimate of drug-likeness (QED) is 0.793. The van der Waals surface area contributed by atoms with Gasteiger partial charge in [0, 0.05) is 29.5 Å². The van der Waals surface area contributed by atoms with Crippen LogP contribution in [0.25, 0.3) is 10.9 Å². The largest absolute Gasteiger partial charge is 0.350 e. The van der Waals surface area contributed by atoms with Crippen molar-refractivity contribution in [3.8, 4) is 0 Å². The molecule has 0 aliphatic carbocycles. The van der Waals surface area contributed by atoms with Crippen molar-refractivity contribution < 1.29 is 4.79 Å². The first kappa shape index (κ1) is 14.8. The van der Waals surface area contributed by atoms with E-state index in [1.165, 1.54) is 11.3 Å². The van der Waals surface area contributed by atoms with Crippen LogP contribution in [-0.4, -0.2) is 15.5 Å². The van der Waals surface area contributed by atoms with E-state index in [0.717, 1.165) is 22.2 Å². The Morgan fingerprint density at radius 2 is 2.14 bits per heavy atom. The van der Waals surface area contributed by atoms with Gasteiger partial charge in [-0.05, 0) is 17.5 Å². The lowest BCUT2D eigenvalue weighted by molar-refractivity contribution is -0.115. The molecule has 2 aromatic heterocycles. The average molecular weight is 313 g/mol. The number of para-hydroxylation sites is 1. The fourth-order valence-corrected chi connectivity index (χ4v) is 3.40. The first-order chi connectivity index (χ1) is 10.5. The molecule has 5 heteroatoms. The van der Waals surface area contributed by atoms with Gasteiger partial charge in [-0.2, -0.15) is 0 Å². The molecule has 0 fully saturated rings. The van der Waals surface area contributed by atoms with Crippen LogP contribution >= 0.6 is 11.3 Å². The number of amides is 1. The molecule has 0 unspecified atom stereocenters. The Morgan fingerprint density at radius 3 is 2.86 bits per heavy atom. The Morgan fingerprint density at radius 1 is 1.36 bits per heavy atom. The molecule has 0 aliphatic rings. The maximum atomic E-state index is 12.3. The predicted octanol–water partition coefficient (Wildman–Crippen LogP) is 3.94. The number of hydrogen-bond acceptors (Lipinski definition) is 3. The summed E-state index contributed by atoms with van der Waals surface area (Å²) in [6.45, 7) is 4.19. The first-order valence-electron chi connectivity index (χ1n) is 7.33. The molecule has 0 atom stereocenters. The Kier molecular flexibility index (Phi) is 3.98. The van der Waals surface area contributed by atoms with Gasteiger partial charge in [-0.25, -0.2) is 4.98 Å². The number of carbonyl (C=O) groups is 1. The number of benzene rings is 1. The summed E-state index contributed by atoms with van der Waals surface area (Å²) < 4.78 is 2.05. The number of anilines is 1. The normalized spacial score (nSPS) is 11.3. The number of aryl methyl sites for hydroxylation is 1. The molecule has 114 valence electrons. The zero-order valence-corrected chi connectivity index (χ0v) is 13.8. The van der Waals surface area contributed by atoms with Crippen molar-refractivity contribution >= 4 is 33.3 Å². The minimum absolute atomic E-state index is 0.0268. The maximum Gasteiger partial charge on any atom is 0.230 e. The highest BCUT2D eigenvalue weighted by Gasteiger charge is 2.12. The second kappa shape index (κ2) is 5.93. The fourth-order valence-electron chi connectivity index (χ4n) is 2.51. The summed E-state index contributed by atoms with van der Waals surface area (Å²) in [5.41, 5.74) is 3.20.